The molecule has 2 aromatic rings. The van der Waals surface area contributed by atoms with E-state index in [1.807, 2.05) is 0 Å². The van der Waals surface area contributed by atoms with E-state index in [1.54, 1.807) is 30.3 Å². The van der Waals surface area contributed by atoms with Crippen LogP contribution in [-0.4, -0.2) is 21.3 Å². The third-order valence-electron chi connectivity index (χ3n) is 2.91. The highest BCUT2D eigenvalue weighted by molar-refractivity contribution is 5.88. The molecule has 0 aromatic heterocycles. The molecule has 0 bridgehead atoms. The van der Waals surface area contributed by atoms with Crippen LogP contribution in [0.1, 0.15) is 18.4 Å². The van der Waals surface area contributed by atoms with Crippen LogP contribution in [0, 0.1) is 0 Å². The van der Waals surface area contributed by atoms with Crippen molar-refractivity contribution in [3.8, 4) is 11.5 Å². The Balaban J connectivity index is 2.37. The van der Waals surface area contributed by atoms with Gasteiger partial charge >= 0.3 is 5.97 Å². The predicted octanol–water partition coefficient (Wildman–Crippen LogP) is 2.66. The van der Waals surface area contributed by atoms with E-state index in [-0.39, 0.29) is 17.9 Å². The summed E-state index contributed by atoms with van der Waals surface area (Å²) >= 11 is 0. The Morgan fingerprint density at radius 2 is 1.83 bits per heavy atom. The summed E-state index contributed by atoms with van der Waals surface area (Å²) in [6.45, 7) is 0. The average molecular weight is 246 g/mol. The molecule has 0 unspecified atom stereocenters. The van der Waals surface area contributed by atoms with Gasteiger partial charge in [-0.3, -0.25) is 4.79 Å². The van der Waals surface area contributed by atoms with E-state index in [2.05, 4.69) is 0 Å². The number of carboxylic acid groups (broad SMARTS) is 1. The van der Waals surface area contributed by atoms with Gasteiger partial charge in [0, 0.05) is 12.0 Å². The van der Waals surface area contributed by atoms with Crippen LogP contribution in [0.4, 0.5) is 0 Å². The second-order valence-electron chi connectivity index (χ2n) is 4.22. The number of benzene rings is 2. The van der Waals surface area contributed by atoms with E-state index in [1.165, 1.54) is 0 Å². The van der Waals surface area contributed by atoms with Crippen LogP contribution in [0.25, 0.3) is 10.8 Å². The van der Waals surface area contributed by atoms with Gasteiger partial charge in [0.15, 0.2) is 0 Å². The molecule has 2 rings (SSSR count). The fourth-order valence-corrected chi connectivity index (χ4v) is 2.04. The topological polar surface area (TPSA) is 77.8 Å². The van der Waals surface area contributed by atoms with Crippen LogP contribution in [0.5, 0.6) is 11.5 Å². The van der Waals surface area contributed by atoms with Crippen LogP contribution in [0.3, 0.4) is 0 Å². The van der Waals surface area contributed by atoms with Crippen molar-refractivity contribution in [1.82, 2.24) is 0 Å². The van der Waals surface area contributed by atoms with Gasteiger partial charge in [0.05, 0.1) is 0 Å². The summed E-state index contributed by atoms with van der Waals surface area (Å²) in [5.41, 5.74) is 0.685. The summed E-state index contributed by atoms with van der Waals surface area (Å²) in [5, 5.41) is 29.6. The number of carbonyl (C=O) groups is 1. The van der Waals surface area contributed by atoms with Gasteiger partial charge in [0.25, 0.3) is 0 Å². The zero-order valence-electron chi connectivity index (χ0n) is 9.76. The van der Waals surface area contributed by atoms with Gasteiger partial charge in [-0.05, 0) is 41.8 Å². The van der Waals surface area contributed by atoms with E-state index in [4.69, 9.17) is 5.11 Å². The van der Waals surface area contributed by atoms with Crippen LogP contribution in [0.15, 0.2) is 30.3 Å². The normalized spacial score (nSPS) is 10.7. The highest BCUT2D eigenvalue weighted by Gasteiger charge is 2.08. The minimum absolute atomic E-state index is 0.0641. The molecule has 0 saturated carbocycles. The van der Waals surface area contributed by atoms with E-state index in [9.17, 15) is 15.0 Å². The van der Waals surface area contributed by atoms with Crippen LogP contribution in [0.2, 0.25) is 0 Å². The Bertz CT molecular complexity index is 584. The third kappa shape index (κ3) is 2.53. The molecule has 4 nitrogen and oxygen atoms in total. The quantitative estimate of drug-likeness (QED) is 0.775. The Kier molecular flexibility index (Phi) is 3.37. The lowest BCUT2D eigenvalue weighted by Gasteiger charge is -2.09. The van der Waals surface area contributed by atoms with Crippen molar-refractivity contribution in [2.45, 2.75) is 19.3 Å². The average Bonchev–Trinajstić information content (AvgIpc) is 2.31. The molecule has 0 spiro atoms. The molecular weight excluding hydrogens is 232 g/mol. The van der Waals surface area contributed by atoms with E-state index < -0.39 is 5.97 Å². The molecule has 0 aliphatic rings. The van der Waals surface area contributed by atoms with Gasteiger partial charge in [-0.15, -0.1) is 0 Å². The van der Waals surface area contributed by atoms with Crippen LogP contribution >= 0.6 is 0 Å². The third-order valence-corrected chi connectivity index (χ3v) is 2.91. The first-order valence-electron chi connectivity index (χ1n) is 5.73. The second kappa shape index (κ2) is 4.96. The lowest BCUT2D eigenvalue weighted by molar-refractivity contribution is -0.137. The van der Waals surface area contributed by atoms with Crippen LogP contribution < -0.4 is 0 Å². The number of aromatic hydroxyl groups is 2. The maximum atomic E-state index is 10.5. The highest BCUT2D eigenvalue weighted by Crippen LogP contribution is 2.30. The first kappa shape index (κ1) is 12.2. The first-order valence-corrected chi connectivity index (χ1v) is 5.73. The standard InChI is InChI=1S/C14H14O4/c15-10-6-4-9-5-7-13(16)11(12(9)8-10)2-1-3-14(17)18/h4-8,15-16H,1-3H2,(H,17,18). The zero-order chi connectivity index (χ0) is 13.1. The van der Waals surface area contributed by atoms with Gasteiger partial charge in [-0.25, -0.2) is 0 Å². The number of aryl methyl sites for hydroxylation is 1. The van der Waals surface area contributed by atoms with Crippen molar-refractivity contribution in [1.29, 1.82) is 0 Å². The summed E-state index contributed by atoms with van der Waals surface area (Å²) in [6, 6.07) is 8.30. The fraction of sp³-hybridized carbons (Fsp3) is 0.214. The fourth-order valence-electron chi connectivity index (χ4n) is 2.04. The predicted molar refractivity (Wildman–Crippen MR) is 67.9 cm³/mol. The van der Waals surface area contributed by atoms with Crippen molar-refractivity contribution < 1.29 is 20.1 Å². The minimum Gasteiger partial charge on any atom is -0.508 e. The van der Waals surface area contributed by atoms with E-state index in [0.29, 0.717) is 18.4 Å². The molecule has 3 N–H and O–H groups in total. The number of carboxylic acids is 1. The van der Waals surface area contributed by atoms with Crippen molar-refractivity contribution in [3.05, 3.63) is 35.9 Å². The number of fused-ring (bicyclic) bond motifs is 1. The molecule has 4 heteroatoms. The van der Waals surface area contributed by atoms with Crippen molar-refractivity contribution in [3.63, 3.8) is 0 Å². The number of hydrogen-bond donors (Lipinski definition) is 3. The molecule has 94 valence electrons. The molecule has 0 amide bonds. The van der Waals surface area contributed by atoms with Gasteiger partial charge in [0.1, 0.15) is 11.5 Å². The Labute approximate surface area is 104 Å². The zero-order valence-corrected chi connectivity index (χ0v) is 9.76. The van der Waals surface area contributed by atoms with Gasteiger partial charge < -0.3 is 15.3 Å². The molecule has 18 heavy (non-hydrogen) atoms. The molecule has 0 saturated heterocycles. The minimum atomic E-state index is -0.849. The monoisotopic (exact) mass is 246 g/mol. The maximum absolute atomic E-state index is 10.5. The molecular formula is C14H14O4. The summed E-state index contributed by atoms with van der Waals surface area (Å²) in [7, 11) is 0. The number of phenolic OH excluding ortho intramolecular Hbond substituents is 2. The molecule has 0 heterocycles. The lowest BCUT2D eigenvalue weighted by atomic mass is 9.99. The second-order valence-corrected chi connectivity index (χ2v) is 4.22. The number of phenols is 2. The Hall–Kier alpha value is -2.23. The van der Waals surface area contributed by atoms with Crippen molar-refractivity contribution >= 4 is 16.7 Å². The summed E-state index contributed by atoms with van der Waals surface area (Å²) in [6.07, 6.45) is 0.991. The summed E-state index contributed by atoms with van der Waals surface area (Å²) < 4.78 is 0. The van der Waals surface area contributed by atoms with Gasteiger partial charge in [0.2, 0.25) is 0 Å². The van der Waals surface area contributed by atoms with Gasteiger partial charge in [-0.2, -0.15) is 0 Å². The number of aliphatic carboxylic acids is 1. The Morgan fingerprint density at radius 1 is 1.11 bits per heavy atom. The van der Waals surface area contributed by atoms with Crippen LogP contribution in [-0.2, 0) is 11.2 Å². The smallest absolute Gasteiger partial charge is 0.303 e. The maximum Gasteiger partial charge on any atom is 0.303 e. The first-order chi connectivity index (χ1) is 8.58. The number of hydrogen-bond acceptors (Lipinski definition) is 3. The Morgan fingerprint density at radius 3 is 2.56 bits per heavy atom. The van der Waals surface area contributed by atoms with Gasteiger partial charge in [-0.1, -0.05) is 12.1 Å². The molecule has 0 aliphatic carbocycles. The highest BCUT2D eigenvalue weighted by atomic mass is 16.4. The summed E-state index contributed by atoms with van der Waals surface area (Å²) in [4.78, 5) is 10.5. The lowest BCUT2D eigenvalue weighted by Crippen LogP contribution is -1.96. The molecule has 2 aromatic carbocycles. The molecule has 0 radical (unpaired) electrons. The SMILES string of the molecule is O=C(O)CCCc1c(O)ccc2ccc(O)cc12. The van der Waals surface area contributed by atoms with E-state index >= 15 is 0 Å². The summed E-state index contributed by atoms with van der Waals surface area (Å²) in [5.74, 6) is -0.580. The molecule has 0 fully saturated rings. The van der Waals surface area contributed by atoms with Crippen molar-refractivity contribution in [2.75, 3.05) is 0 Å². The number of rotatable bonds is 4. The largest absolute Gasteiger partial charge is 0.508 e. The van der Waals surface area contributed by atoms with Crippen molar-refractivity contribution in [2.24, 2.45) is 0 Å². The molecule has 0 aliphatic heterocycles. The van der Waals surface area contributed by atoms with E-state index in [0.717, 1.165) is 10.8 Å². The molecule has 0 atom stereocenters.